The Morgan fingerprint density at radius 2 is 2.33 bits per heavy atom. The predicted molar refractivity (Wildman–Crippen MR) is 59.0 cm³/mol. The molecule has 0 radical (unpaired) electrons. The van der Waals surface area contributed by atoms with Crippen LogP contribution in [0.2, 0.25) is 0 Å². The second-order valence-corrected chi connectivity index (χ2v) is 3.90. The molecule has 5 heteroatoms. The quantitative estimate of drug-likeness (QED) is 0.632. The zero-order chi connectivity index (χ0) is 11.3. The van der Waals surface area contributed by atoms with E-state index in [1.165, 1.54) is 31.0 Å². The van der Waals surface area contributed by atoms with E-state index in [9.17, 15) is 9.18 Å². The van der Waals surface area contributed by atoms with Gasteiger partial charge in [-0.1, -0.05) is 6.07 Å². The third-order valence-electron chi connectivity index (χ3n) is 1.81. The first-order valence-electron chi connectivity index (χ1n) is 4.32. The van der Waals surface area contributed by atoms with Gasteiger partial charge in [-0.05, 0) is 17.7 Å². The lowest BCUT2D eigenvalue weighted by Crippen LogP contribution is -2.03. The van der Waals surface area contributed by atoms with Crippen LogP contribution in [0.1, 0.15) is 5.56 Å². The molecule has 0 aliphatic rings. The minimum Gasteiger partial charge on any atom is -0.468 e. The second-order valence-electron chi connectivity index (χ2n) is 2.91. The van der Waals surface area contributed by atoms with Crippen LogP contribution in [0.15, 0.2) is 18.2 Å². The van der Waals surface area contributed by atoms with Gasteiger partial charge in [0.15, 0.2) is 0 Å². The van der Waals surface area contributed by atoms with Gasteiger partial charge in [0, 0.05) is 11.4 Å². The third-order valence-corrected chi connectivity index (χ3v) is 2.77. The number of esters is 1. The highest BCUT2D eigenvalue weighted by Crippen LogP contribution is 2.19. The number of rotatable bonds is 4. The van der Waals surface area contributed by atoms with Gasteiger partial charge in [0.2, 0.25) is 0 Å². The molecule has 0 aliphatic heterocycles. The molecule has 1 aromatic carbocycles. The number of benzene rings is 1. The summed E-state index contributed by atoms with van der Waals surface area (Å²) in [5.74, 6) is 0.212. The lowest BCUT2D eigenvalue weighted by atomic mass is 10.2. The van der Waals surface area contributed by atoms with Crippen molar-refractivity contribution in [1.82, 2.24) is 0 Å². The molecule has 15 heavy (non-hydrogen) atoms. The zero-order valence-electron chi connectivity index (χ0n) is 8.33. The maximum Gasteiger partial charge on any atom is 0.315 e. The van der Waals surface area contributed by atoms with Crippen LogP contribution in [-0.4, -0.2) is 18.8 Å². The van der Waals surface area contributed by atoms with E-state index in [2.05, 4.69) is 4.74 Å². The molecule has 1 aromatic rings. The summed E-state index contributed by atoms with van der Waals surface area (Å²) in [6, 6.07) is 4.24. The molecule has 0 bridgehead atoms. The molecule has 0 aliphatic carbocycles. The van der Waals surface area contributed by atoms with Gasteiger partial charge in [-0.15, -0.1) is 11.8 Å². The molecule has 0 saturated carbocycles. The fourth-order valence-corrected chi connectivity index (χ4v) is 1.87. The van der Waals surface area contributed by atoms with Crippen molar-refractivity contribution < 1.29 is 13.9 Å². The second kappa shape index (κ2) is 5.60. The zero-order valence-corrected chi connectivity index (χ0v) is 9.14. The lowest BCUT2D eigenvalue weighted by Gasteiger charge is -2.04. The standard InChI is InChI=1S/C10H12FNO2S/c1-14-10(13)6-15-5-7-2-3-8(11)4-9(7)12/h2-4H,5-6,12H2,1H3. The third kappa shape index (κ3) is 3.79. The summed E-state index contributed by atoms with van der Waals surface area (Å²) < 4.78 is 17.2. The number of halogens is 1. The molecule has 1 rings (SSSR count). The van der Waals surface area contributed by atoms with Gasteiger partial charge in [-0.2, -0.15) is 0 Å². The fraction of sp³-hybridized carbons (Fsp3) is 0.300. The summed E-state index contributed by atoms with van der Waals surface area (Å²) in [4.78, 5) is 10.8. The summed E-state index contributed by atoms with van der Waals surface area (Å²) in [5.41, 5.74) is 6.84. The van der Waals surface area contributed by atoms with Gasteiger partial charge in [0.25, 0.3) is 0 Å². The van der Waals surface area contributed by atoms with Crippen molar-refractivity contribution in [2.24, 2.45) is 0 Å². The molecule has 0 fully saturated rings. The Bertz CT molecular complexity index is 357. The lowest BCUT2D eigenvalue weighted by molar-refractivity contribution is -0.137. The molecule has 0 amide bonds. The van der Waals surface area contributed by atoms with Crippen LogP contribution < -0.4 is 5.73 Å². The van der Waals surface area contributed by atoms with Crippen molar-refractivity contribution in [2.45, 2.75) is 5.75 Å². The Balaban J connectivity index is 2.47. The predicted octanol–water partition coefficient (Wildman–Crippen LogP) is 1.81. The molecular weight excluding hydrogens is 217 g/mol. The molecule has 0 spiro atoms. The maximum atomic E-state index is 12.7. The van der Waals surface area contributed by atoms with Crippen LogP contribution in [-0.2, 0) is 15.3 Å². The summed E-state index contributed by atoms with van der Waals surface area (Å²) in [7, 11) is 1.34. The van der Waals surface area contributed by atoms with E-state index in [0.717, 1.165) is 5.56 Å². The molecule has 0 unspecified atom stereocenters. The van der Waals surface area contributed by atoms with Crippen molar-refractivity contribution in [3.8, 4) is 0 Å². The monoisotopic (exact) mass is 229 g/mol. The van der Waals surface area contributed by atoms with E-state index < -0.39 is 0 Å². The van der Waals surface area contributed by atoms with E-state index in [-0.39, 0.29) is 17.5 Å². The van der Waals surface area contributed by atoms with Gasteiger partial charge < -0.3 is 10.5 Å². The van der Waals surface area contributed by atoms with Gasteiger partial charge in [-0.3, -0.25) is 4.79 Å². The first-order chi connectivity index (χ1) is 7.13. The first kappa shape index (κ1) is 11.8. The van der Waals surface area contributed by atoms with Gasteiger partial charge in [0.1, 0.15) is 5.82 Å². The molecular formula is C10H12FNO2S. The van der Waals surface area contributed by atoms with Crippen LogP contribution in [0.25, 0.3) is 0 Å². The number of ether oxygens (including phenoxy) is 1. The van der Waals surface area contributed by atoms with Crippen molar-refractivity contribution in [3.05, 3.63) is 29.6 Å². The fourth-order valence-electron chi connectivity index (χ4n) is 1.00. The number of hydrogen-bond acceptors (Lipinski definition) is 4. The SMILES string of the molecule is COC(=O)CSCc1ccc(F)cc1N. The summed E-state index contributed by atoms with van der Waals surface area (Å²) >= 11 is 1.38. The average Bonchev–Trinajstić information content (AvgIpc) is 2.21. The van der Waals surface area contributed by atoms with Crippen molar-refractivity contribution in [3.63, 3.8) is 0 Å². The number of thioether (sulfide) groups is 1. The summed E-state index contributed by atoms with van der Waals surface area (Å²) in [6.07, 6.45) is 0. The Labute approximate surface area is 91.8 Å². The van der Waals surface area contributed by atoms with Gasteiger partial charge >= 0.3 is 5.97 Å². The van der Waals surface area contributed by atoms with Crippen LogP contribution in [0.3, 0.4) is 0 Å². The van der Waals surface area contributed by atoms with E-state index >= 15 is 0 Å². The number of anilines is 1. The topological polar surface area (TPSA) is 52.3 Å². The minimum atomic E-state index is -0.353. The number of nitrogen functional groups attached to an aromatic ring is 1. The molecule has 0 aromatic heterocycles. The number of carbonyl (C=O) groups excluding carboxylic acids is 1. The van der Waals surface area contributed by atoms with Crippen LogP contribution >= 0.6 is 11.8 Å². The van der Waals surface area contributed by atoms with Crippen LogP contribution in [0.4, 0.5) is 10.1 Å². The van der Waals surface area contributed by atoms with E-state index in [1.807, 2.05) is 0 Å². The number of carbonyl (C=O) groups is 1. The van der Waals surface area contributed by atoms with E-state index in [4.69, 9.17) is 5.73 Å². The van der Waals surface area contributed by atoms with Crippen molar-refractivity contribution >= 4 is 23.4 Å². The highest BCUT2D eigenvalue weighted by Gasteiger charge is 2.04. The van der Waals surface area contributed by atoms with Crippen molar-refractivity contribution in [2.75, 3.05) is 18.6 Å². The Hall–Kier alpha value is -1.23. The largest absolute Gasteiger partial charge is 0.468 e. The molecule has 82 valence electrons. The Kier molecular flexibility index (Phi) is 4.42. The molecule has 2 N–H and O–H groups in total. The van der Waals surface area contributed by atoms with Crippen LogP contribution in [0.5, 0.6) is 0 Å². The maximum absolute atomic E-state index is 12.7. The highest BCUT2D eigenvalue weighted by atomic mass is 32.2. The normalized spacial score (nSPS) is 10.0. The first-order valence-corrected chi connectivity index (χ1v) is 5.47. The molecule has 0 atom stereocenters. The van der Waals surface area contributed by atoms with Crippen molar-refractivity contribution in [1.29, 1.82) is 0 Å². The number of nitrogens with two attached hydrogens (primary N) is 1. The smallest absolute Gasteiger partial charge is 0.315 e. The highest BCUT2D eigenvalue weighted by molar-refractivity contribution is 7.99. The average molecular weight is 229 g/mol. The van der Waals surface area contributed by atoms with E-state index in [0.29, 0.717) is 11.4 Å². The minimum absolute atomic E-state index is 0.271. The summed E-state index contributed by atoms with van der Waals surface area (Å²) in [5, 5.41) is 0. The Morgan fingerprint density at radius 1 is 1.60 bits per heavy atom. The molecule has 0 heterocycles. The Morgan fingerprint density at radius 3 is 2.93 bits per heavy atom. The van der Waals surface area contributed by atoms with Gasteiger partial charge in [-0.25, -0.2) is 4.39 Å². The number of hydrogen-bond donors (Lipinski definition) is 1. The van der Waals surface area contributed by atoms with Gasteiger partial charge in [0.05, 0.1) is 12.9 Å². The molecule has 0 saturated heterocycles. The molecule has 3 nitrogen and oxygen atoms in total. The van der Waals surface area contributed by atoms with Crippen LogP contribution in [0, 0.1) is 5.82 Å². The number of methoxy groups -OCH3 is 1. The summed E-state index contributed by atoms with van der Waals surface area (Å²) in [6.45, 7) is 0. The van der Waals surface area contributed by atoms with E-state index in [1.54, 1.807) is 6.07 Å².